The van der Waals surface area contributed by atoms with E-state index >= 15 is 0 Å². The second kappa shape index (κ2) is 6.52. The zero-order valence-corrected chi connectivity index (χ0v) is 14.3. The highest BCUT2D eigenvalue weighted by molar-refractivity contribution is 5.92. The van der Waals surface area contributed by atoms with Crippen molar-refractivity contribution >= 4 is 11.6 Å². The number of rotatable bonds is 3. The molecular weight excluding hydrogens is 331 g/mol. The second-order valence-corrected chi connectivity index (χ2v) is 7.42. The maximum atomic E-state index is 13.1. The third kappa shape index (κ3) is 3.92. The summed E-state index contributed by atoms with van der Waals surface area (Å²) in [4.78, 5) is 14.2. The van der Waals surface area contributed by atoms with E-state index in [1.54, 1.807) is 6.92 Å². The molecule has 4 nitrogen and oxygen atoms in total. The van der Waals surface area contributed by atoms with Crippen LogP contribution in [0.3, 0.4) is 0 Å². The van der Waals surface area contributed by atoms with E-state index in [2.05, 4.69) is 5.32 Å². The van der Waals surface area contributed by atoms with Gasteiger partial charge in [-0.15, -0.1) is 0 Å². The summed E-state index contributed by atoms with van der Waals surface area (Å²) in [5.74, 6) is -0.500. The lowest BCUT2D eigenvalue weighted by Crippen LogP contribution is -2.58. The van der Waals surface area contributed by atoms with Gasteiger partial charge in [-0.2, -0.15) is 13.2 Å². The van der Waals surface area contributed by atoms with E-state index < -0.39 is 30.2 Å². The summed E-state index contributed by atoms with van der Waals surface area (Å²) in [6, 6.07) is 6.84. The van der Waals surface area contributed by atoms with Crippen molar-refractivity contribution in [2.24, 2.45) is 5.73 Å². The van der Waals surface area contributed by atoms with Gasteiger partial charge < -0.3 is 16.0 Å². The van der Waals surface area contributed by atoms with Crippen LogP contribution in [0.5, 0.6) is 0 Å². The number of hydrogen-bond donors (Lipinski definition) is 2. The molecule has 7 heteroatoms. The van der Waals surface area contributed by atoms with Crippen molar-refractivity contribution in [3.8, 4) is 0 Å². The third-order valence-corrected chi connectivity index (χ3v) is 5.18. The number of carbonyl (C=O) groups excluding carboxylic acids is 1. The number of nitrogens with one attached hydrogen (secondary N) is 1. The minimum Gasteiger partial charge on any atom is -0.371 e. The Labute approximate surface area is 145 Å². The van der Waals surface area contributed by atoms with Gasteiger partial charge in [-0.3, -0.25) is 4.79 Å². The first-order valence-electron chi connectivity index (χ1n) is 8.67. The number of para-hydroxylation sites is 1. The molecule has 2 aliphatic rings. The van der Waals surface area contributed by atoms with Gasteiger partial charge >= 0.3 is 6.18 Å². The number of nitrogens with two attached hydrogens (primary N) is 1. The Balaban J connectivity index is 1.84. The van der Waals surface area contributed by atoms with Crippen LogP contribution in [0.4, 0.5) is 18.9 Å². The van der Waals surface area contributed by atoms with Gasteiger partial charge in [0.15, 0.2) is 0 Å². The molecule has 0 aromatic heterocycles. The van der Waals surface area contributed by atoms with Gasteiger partial charge in [0.2, 0.25) is 5.91 Å². The van der Waals surface area contributed by atoms with Crippen molar-refractivity contribution in [2.75, 3.05) is 11.9 Å². The van der Waals surface area contributed by atoms with E-state index in [4.69, 9.17) is 5.73 Å². The molecule has 1 aromatic carbocycles. The number of benzene rings is 1. The molecule has 1 heterocycles. The van der Waals surface area contributed by atoms with Crippen LogP contribution in [-0.4, -0.2) is 41.2 Å². The van der Waals surface area contributed by atoms with Gasteiger partial charge in [0.05, 0.1) is 0 Å². The second-order valence-electron chi connectivity index (χ2n) is 7.42. The molecule has 0 radical (unpaired) electrons. The summed E-state index contributed by atoms with van der Waals surface area (Å²) in [6.45, 7) is 0.457. The predicted octanol–water partition coefficient (Wildman–Crippen LogP) is 3.07. The Hall–Kier alpha value is -1.76. The molecule has 138 valence electrons. The molecule has 1 saturated carbocycles. The number of alkyl halides is 3. The van der Waals surface area contributed by atoms with Crippen LogP contribution in [-0.2, 0) is 11.2 Å². The monoisotopic (exact) mass is 355 g/mol. The Morgan fingerprint density at radius 1 is 1.36 bits per heavy atom. The summed E-state index contributed by atoms with van der Waals surface area (Å²) in [6.07, 6.45) is -1.51. The zero-order chi connectivity index (χ0) is 18.2. The lowest BCUT2D eigenvalue weighted by molar-refractivity contribution is -0.169. The Morgan fingerprint density at radius 3 is 2.72 bits per heavy atom. The first-order chi connectivity index (χ1) is 11.7. The van der Waals surface area contributed by atoms with Crippen molar-refractivity contribution in [1.82, 2.24) is 4.90 Å². The Bertz CT molecular complexity index is 622. The number of anilines is 1. The SMILES string of the molecule is CC1(C(=O)N(CC(F)(F)F)C2CCCC(N)C2)Cc2ccccc2N1. The zero-order valence-electron chi connectivity index (χ0n) is 14.3. The van der Waals surface area contributed by atoms with E-state index in [1.807, 2.05) is 24.3 Å². The van der Waals surface area contributed by atoms with Crippen LogP contribution in [0, 0.1) is 0 Å². The van der Waals surface area contributed by atoms with Gasteiger partial charge in [-0.25, -0.2) is 0 Å². The number of amides is 1. The number of hydrogen-bond acceptors (Lipinski definition) is 3. The fourth-order valence-corrected chi connectivity index (χ4v) is 4.01. The fraction of sp³-hybridized carbons (Fsp3) is 0.611. The van der Waals surface area contributed by atoms with E-state index in [-0.39, 0.29) is 6.04 Å². The highest BCUT2D eigenvalue weighted by atomic mass is 19.4. The van der Waals surface area contributed by atoms with Gasteiger partial charge in [0.1, 0.15) is 12.1 Å². The third-order valence-electron chi connectivity index (χ3n) is 5.18. The number of nitrogens with zero attached hydrogens (tertiary/aromatic N) is 1. The maximum absolute atomic E-state index is 13.1. The molecule has 1 fully saturated rings. The van der Waals surface area contributed by atoms with Gasteiger partial charge in [0.25, 0.3) is 0 Å². The molecule has 1 amide bonds. The maximum Gasteiger partial charge on any atom is 0.406 e. The minimum atomic E-state index is -4.43. The lowest BCUT2D eigenvalue weighted by atomic mass is 9.88. The molecule has 1 aliphatic carbocycles. The van der Waals surface area contributed by atoms with Gasteiger partial charge in [0, 0.05) is 24.2 Å². The molecule has 0 saturated heterocycles. The summed E-state index contributed by atoms with van der Waals surface area (Å²) in [5, 5.41) is 3.14. The van der Waals surface area contributed by atoms with Crippen LogP contribution >= 0.6 is 0 Å². The Morgan fingerprint density at radius 2 is 2.08 bits per heavy atom. The molecule has 0 bridgehead atoms. The van der Waals surface area contributed by atoms with Crippen LogP contribution in [0.1, 0.15) is 38.2 Å². The topological polar surface area (TPSA) is 58.4 Å². The van der Waals surface area contributed by atoms with E-state index in [0.29, 0.717) is 19.3 Å². The highest BCUT2D eigenvalue weighted by Gasteiger charge is 2.46. The molecule has 3 rings (SSSR count). The van der Waals surface area contributed by atoms with Crippen LogP contribution < -0.4 is 11.1 Å². The molecule has 0 spiro atoms. The molecular formula is C18H24F3N3O. The van der Waals surface area contributed by atoms with Crippen LogP contribution in [0.25, 0.3) is 0 Å². The average Bonchev–Trinajstić information content (AvgIpc) is 2.88. The molecule has 25 heavy (non-hydrogen) atoms. The van der Waals surface area contributed by atoms with Gasteiger partial charge in [-0.05, 0) is 44.2 Å². The van der Waals surface area contributed by atoms with Gasteiger partial charge in [-0.1, -0.05) is 18.2 Å². The Kier molecular flexibility index (Phi) is 4.70. The highest BCUT2D eigenvalue weighted by Crippen LogP contribution is 2.36. The lowest BCUT2D eigenvalue weighted by Gasteiger charge is -2.40. The smallest absolute Gasteiger partial charge is 0.371 e. The van der Waals surface area contributed by atoms with Crippen molar-refractivity contribution < 1.29 is 18.0 Å². The van der Waals surface area contributed by atoms with E-state index in [9.17, 15) is 18.0 Å². The van der Waals surface area contributed by atoms with Crippen molar-refractivity contribution in [3.05, 3.63) is 29.8 Å². The largest absolute Gasteiger partial charge is 0.406 e. The number of carbonyl (C=O) groups is 1. The molecule has 3 atom stereocenters. The molecule has 1 aromatic rings. The summed E-state index contributed by atoms with van der Waals surface area (Å²) in [5.41, 5.74) is 6.65. The normalized spacial score (nSPS) is 29.0. The minimum absolute atomic E-state index is 0.149. The number of fused-ring (bicyclic) bond motifs is 1. The first kappa shape index (κ1) is 18.0. The van der Waals surface area contributed by atoms with Crippen molar-refractivity contribution in [3.63, 3.8) is 0 Å². The molecule has 3 unspecified atom stereocenters. The predicted molar refractivity (Wildman–Crippen MR) is 90.2 cm³/mol. The van der Waals surface area contributed by atoms with Crippen molar-refractivity contribution in [1.29, 1.82) is 0 Å². The first-order valence-corrected chi connectivity index (χ1v) is 8.67. The van der Waals surface area contributed by atoms with Crippen LogP contribution in [0.15, 0.2) is 24.3 Å². The standard InChI is InChI=1S/C18H24F3N3O/c1-17(10-12-5-2-3-8-15(12)23-17)16(25)24(11-18(19,20)21)14-7-4-6-13(22)9-14/h2-3,5,8,13-14,23H,4,6-7,9-11,22H2,1H3. The van der Waals surface area contributed by atoms with E-state index in [0.717, 1.165) is 29.0 Å². The summed E-state index contributed by atoms with van der Waals surface area (Å²) < 4.78 is 39.4. The summed E-state index contributed by atoms with van der Waals surface area (Å²) >= 11 is 0. The van der Waals surface area contributed by atoms with Crippen molar-refractivity contribution in [2.45, 2.75) is 62.8 Å². The van der Waals surface area contributed by atoms with E-state index in [1.165, 1.54) is 0 Å². The quantitative estimate of drug-likeness (QED) is 0.876. The summed E-state index contributed by atoms with van der Waals surface area (Å²) in [7, 11) is 0. The number of halogens is 3. The average molecular weight is 355 g/mol. The molecule has 3 N–H and O–H groups in total. The van der Waals surface area contributed by atoms with Crippen LogP contribution in [0.2, 0.25) is 0 Å². The molecule has 1 aliphatic heterocycles. The fourth-order valence-electron chi connectivity index (χ4n) is 4.01.